The maximum atomic E-state index is 6.05. The third-order valence-corrected chi connectivity index (χ3v) is 4.86. The molecule has 0 heterocycles. The molecule has 0 amide bonds. The van der Waals surface area contributed by atoms with Gasteiger partial charge in [-0.3, -0.25) is 0 Å². The maximum absolute atomic E-state index is 6.05. The van der Waals surface area contributed by atoms with Crippen LogP contribution in [0.1, 0.15) is 92.1 Å². The Morgan fingerprint density at radius 1 is 0.920 bits per heavy atom. The van der Waals surface area contributed by atoms with E-state index < -0.39 is 0 Å². The molecule has 0 bridgehead atoms. The van der Waals surface area contributed by atoms with E-state index in [0.29, 0.717) is 23.9 Å². The van der Waals surface area contributed by atoms with E-state index in [4.69, 9.17) is 9.47 Å². The summed E-state index contributed by atoms with van der Waals surface area (Å²) in [5.74, 6) is 2.88. The minimum atomic E-state index is -0.204. The van der Waals surface area contributed by atoms with Gasteiger partial charge in [-0.05, 0) is 61.6 Å². The number of ether oxygens (including phenoxy) is 2. The predicted molar refractivity (Wildman–Crippen MR) is 108 cm³/mol. The Labute approximate surface area is 156 Å². The molecule has 144 valence electrons. The molecule has 0 fully saturated rings. The topological polar surface area (TPSA) is 18.5 Å². The fourth-order valence-electron chi connectivity index (χ4n) is 3.39. The first-order valence-corrected chi connectivity index (χ1v) is 10.3. The van der Waals surface area contributed by atoms with Crippen molar-refractivity contribution < 1.29 is 9.47 Å². The highest BCUT2D eigenvalue weighted by molar-refractivity contribution is 5.29. The van der Waals surface area contributed by atoms with Gasteiger partial charge in [-0.2, -0.15) is 0 Å². The minimum absolute atomic E-state index is 0.204. The highest BCUT2D eigenvalue weighted by atomic mass is 16.7. The van der Waals surface area contributed by atoms with Gasteiger partial charge in [0.1, 0.15) is 5.75 Å². The summed E-state index contributed by atoms with van der Waals surface area (Å²) >= 11 is 0. The number of unbranched alkanes of at least 4 members (excludes halogenated alkanes) is 1. The molecule has 3 atom stereocenters. The molecule has 1 aromatic rings. The van der Waals surface area contributed by atoms with E-state index >= 15 is 0 Å². The van der Waals surface area contributed by atoms with Crippen LogP contribution in [0.2, 0.25) is 0 Å². The summed E-state index contributed by atoms with van der Waals surface area (Å²) in [5, 5.41) is 0. The van der Waals surface area contributed by atoms with Crippen LogP contribution in [-0.2, 0) is 4.74 Å². The van der Waals surface area contributed by atoms with Gasteiger partial charge < -0.3 is 9.47 Å². The fourth-order valence-corrected chi connectivity index (χ4v) is 3.39. The van der Waals surface area contributed by atoms with Crippen molar-refractivity contribution in [2.45, 2.75) is 98.9 Å². The largest absolute Gasteiger partial charge is 0.465 e. The molecule has 2 heteroatoms. The monoisotopic (exact) mass is 348 g/mol. The van der Waals surface area contributed by atoms with Gasteiger partial charge in [-0.1, -0.05) is 66.5 Å². The first-order chi connectivity index (χ1) is 11.9. The van der Waals surface area contributed by atoms with Crippen LogP contribution >= 0.6 is 0 Å². The van der Waals surface area contributed by atoms with Crippen LogP contribution in [0, 0.1) is 11.8 Å². The number of benzene rings is 1. The van der Waals surface area contributed by atoms with Crippen molar-refractivity contribution in [2.24, 2.45) is 11.8 Å². The molecule has 0 aromatic heterocycles. The second kappa shape index (κ2) is 11.6. The van der Waals surface area contributed by atoms with Gasteiger partial charge in [-0.15, -0.1) is 0 Å². The Morgan fingerprint density at radius 3 is 2.04 bits per heavy atom. The number of rotatable bonds is 12. The molecule has 0 spiro atoms. The Morgan fingerprint density at radius 2 is 1.56 bits per heavy atom. The van der Waals surface area contributed by atoms with Crippen molar-refractivity contribution in [3.05, 3.63) is 29.8 Å². The summed E-state index contributed by atoms with van der Waals surface area (Å²) in [7, 11) is 0. The second-order valence-corrected chi connectivity index (χ2v) is 8.04. The first kappa shape index (κ1) is 22.0. The van der Waals surface area contributed by atoms with Crippen molar-refractivity contribution in [1.29, 1.82) is 0 Å². The normalized spacial score (nSPS) is 15.4. The number of hydrogen-bond donors (Lipinski definition) is 0. The quantitative estimate of drug-likeness (QED) is 0.372. The fraction of sp³-hybridized carbons (Fsp3) is 0.739. The molecule has 0 aliphatic heterocycles. The van der Waals surface area contributed by atoms with Crippen molar-refractivity contribution in [3.8, 4) is 5.75 Å². The summed E-state index contributed by atoms with van der Waals surface area (Å²) in [5.41, 5.74) is 1.42. The molecule has 1 aromatic carbocycles. The Balaban J connectivity index is 2.63. The predicted octanol–water partition coefficient (Wildman–Crippen LogP) is 7.18. The molecular formula is C23H40O2. The zero-order valence-corrected chi connectivity index (χ0v) is 17.5. The summed E-state index contributed by atoms with van der Waals surface area (Å²) in [6, 6.07) is 8.64. The minimum Gasteiger partial charge on any atom is -0.465 e. The summed E-state index contributed by atoms with van der Waals surface area (Å²) in [4.78, 5) is 0. The molecule has 0 N–H and O–H groups in total. The highest BCUT2D eigenvalue weighted by Crippen LogP contribution is 2.32. The lowest BCUT2D eigenvalue weighted by atomic mass is 9.82. The maximum Gasteiger partial charge on any atom is 0.197 e. The molecule has 3 unspecified atom stereocenters. The summed E-state index contributed by atoms with van der Waals surface area (Å²) in [6.45, 7) is 15.6. The van der Waals surface area contributed by atoms with Crippen molar-refractivity contribution >= 4 is 0 Å². The smallest absolute Gasteiger partial charge is 0.197 e. The molecule has 1 rings (SSSR count). The van der Waals surface area contributed by atoms with Crippen LogP contribution in [0.25, 0.3) is 0 Å². The SMILES string of the molecule is CCCCC(CC)OC(C)Oc1ccc(C(CC(C)C)C(C)C)cc1. The third kappa shape index (κ3) is 8.27. The summed E-state index contributed by atoms with van der Waals surface area (Å²) < 4.78 is 12.0. The van der Waals surface area contributed by atoms with E-state index in [0.717, 1.165) is 18.6 Å². The lowest BCUT2D eigenvalue weighted by molar-refractivity contribution is -0.111. The highest BCUT2D eigenvalue weighted by Gasteiger charge is 2.18. The molecule has 0 saturated heterocycles. The zero-order valence-electron chi connectivity index (χ0n) is 17.5. The Kier molecular flexibility index (Phi) is 10.2. The van der Waals surface area contributed by atoms with Gasteiger partial charge in [0.15, 0.2) is 6.29 Å². The summed E-state index contributed by atoms with van der Waals surface area (Å²) in [6.07, 6.45) is 5.90. The lowest BCUT2D eigenvalue weighted by Crippen LogP contribution is -2.24. The van der Waals surface area contributed by atoms with Crippen LogP contribution in [0.4, 0.5) is 0 Å². The molecule has 0 saturated carbocycles. The molecular weight excluding hydrogens is 308 g/mol. The van der Waals surface area contributed by atoms with Gasteiger partial charge in [0.05, 0.1) is 6.10 Å². The Hall–Kier alpha value is -1.02. The van der Waals surface area contributed by atoms with Crippen LogP contribution in [0.5, 0.6) is 5.75 Å². The van der Waals surface area contributed by atoms with E-state index in [2.05, 4.69) is 65.8 Å². The van der Waals surface area contributed by atoms with Crippen LogP contribution in [0.3, 0.4) is 0 Å². The van der Waals surface area contributed by atoms with Crippen molar-refractivity contribution in [1.82, 2.24) is 0 Å². The van der Waals surface area contributed by atoms with Crippen LogP contribution in [0.15, 0.2) is 24.3 Å². The molecule has 2 nitrogen and oxygen atoms in total. The molecule has 0 aliphatic rings. The van der Waals surface area contributed by atoms with E-state index in [1.807, 2.05) is 6.92 Å². The standard InChI is InChI=1S/C23H40O2/c1-8-10-11-21(9-2)24-19(7)25-22-14-12-20(13-15-22)23(18(5)6)16-17(3)4/h12-15,17-19,21,23H,8-11,16H2,1-7H3. The van der Waals surface area contributed by atoms with Gasteiger partial charge in [0.2, 0.25) is 0 Å². The number of hydrogen-bond acceptors (Lipinski definition) is 2. The van der Waals surface area contributed by atoms with Gasteiger partial charge >= 0.3 is 0 Å². The van der Waals surface area contributed by atoms with E-state index in [1.54, 1.807) is 0 Å². The van der Waals surface area contributed by atoms with Gasteiger partial charge in [0, 0.05) is 0 Å². The van der Waals surface area contributed by atoms with E-state index in [9.17, 15) is 0 Å². The molecule has 0 aliphatic carbocycles. The average molecular weight is 349 g/mol. The Bertz CT molecular complexity index is 450. The molecule has 0 radical (unpaired) electrons. The first-order valence-electron chi connectivity index (χ1n) is 10.3. The van der Waals surface area contributed by atoms with E-state index in [-0.39, 0.29) is 6.29 Å². The second-order valence-electron chi connectivity index (χ2n) is 8.04. The van der Waals surface area contributed by atoms with Gasteiger partial charge in [0.25, 0.3) is 0 Å². The van der Waals surface area contributed by atoms with Gasteiger partial charge in [-0.25, -0.2) is 0 Å². The van der Waals surface area contributed by atoms with Crippen molar-refractivity contribution in [2.75, 3.05) is 0 Å². The zero-order chi connectivity index (χ0) is 18.8. The van der Waals surface area contributed by atoms with E-state index in [1.165, 1.54) is 24.8 Å². The van der Waals surface area contributed by atoms with Crippen LogP contribution < -0.4 is 4.74 Å². The molecule has 25 heavy (non-hydrogen) atoms. The van der Waals surface area contributed by atoms with Crippen molar-refractivity contribution in [3.63, 3.8) is 0 Å². The lowest BCUT2D eigenvalue weighted by Gasteiger charge is -2.24. The van der Waals surface area contributed by atoms with Crippen LogP contribution in [-0.4, -0.2) is 12.4 Å². The third-order valence-electron chi connectivity index (χ3n) is 4.86. The average Bonchev–Trinajstić information content (AvgIpc) is 2.57.